The Morgan fingerprint density at radius 3 is 2.50 bits per heavy atom. The van der Waals surface area contributed by atoms with Gasteiger partial charge in [0, 0.05) is 16.9 Å². The maximum absolute atomic E-state index is 6.04. The lowest BCUT2D eigenvalue weighted by Gasteiger charge is -2.42. The van der Waals surface area contributed by atoms with Crippen LogP contribution in [-0.4, -0.2) is 19.9 Å². The first-order valence-corrected chi connectivity index (χ1v) is 7.88. The quantitative estimate of drug-likeness (QED) is 0.829. The van der Waals surface area contributed by atoms with Gasteiger partial charge in [0.25, 0.3) is 0 Å². The highest BCUT2D eigenvalue weighted by molar-refractivity contribution is 7.98. The van der Waals surface area contributed by atoms with Crippen LogP contribution in [0.5, 0.6) is 5.75 Å². The van der Waals surface area contributed by atoms with Gasteiger partial charge in [-0.3, -0.25) is 0 Å². The van der Waals surface area contributed by atoms with Crippen molar-refractivity contribution in [2.45, 2.75) is 42.9 Å². The third-order valence-corrected chi connectivity index (χ3v) is 5.03. The molecule has 1 aromatic rings. The second-order valence-corrected chi connectivity index (χ2v) is 5.90. The summed E-state index contributed by atoms with van der Waals surface area (Å²) < 4.78 is 5.53. The molecular formula is C15H23NOS. The SMILES string of the molecule is CCc1cc(SC)c(C2(CN)CCC2)cc1OC. The molecule has 100 valence electrons. The number of nitrogens with two attached hydrogens (primary N) is 1. The number of thioether (sulfide) groups is 1. The summed E-state index contributed by atoms with van der Waals surface area (Å²) in [4.78, 5) is 1.37. The summed E-state index contributed by atoms with van der Waals surface area (Å²) >= 11 is 1.82. The first-order chi connectivity index (χ1) is 8.70. The summed E-state index contributed by atoms with van der Waals surface area (Å²) in [6.45, 7) is 2.92. The average molecular weight is 265 g/mol. The molecule has 0 bridgehead atoms. The van der Waals surface area contributed by atoms with Crippen molar-refractivity contribution < 1.29 is 4.74 Å². The monoisotopic (exact) mass is 265 g/mol. The number of rotatable bonds is 5. The van der Waals surface area contributed by atoms with Gasteiger partial charge in [0.1, 0.15) is 5.75 Å². The average Bonchev–Trinajstić information content (AvgIpc) is 2.37. The predicted octanol–water partition coefficient (Wildman–Crippen LogP) is 3.36. The summed E-state index contributed by atoms with van der Waals surface area (Å²) in [5.41, 5.74) is 8.93. The van der Waals surface area contributed by atoms with E-state index in [0.29, 0.717) is 0 Å². The first-order valence-electron chi connectivity index (χ1n) is 6.66. The summed E-state index contributed by atoms with van der Waals surface area (Å²) in [6.07, 6.45) is 6.88. The molecular weight excluding hydrogens is 242 g/mol. The molecule has 2 rings (SSSR count). The van der Waals surface area contributed by atoms with Gasteiger partial charge in [-0.15, -0.1) is 11.8 Å². The molecule has 0 saturated heterocycles. The molecule has 1 fully saturated rings. The molecule has 3 heteroatoms. The van der Waals surface area contributed by atoms with Crippen molar-refractivity contribution >= 4 is 11.8 Å². The van der Waals surface area contributed by atoms with Gasteiger partial charge in [-0.25, -0.2) is 0 Å². The summed E-state index contributed by atoms with van der Waals surface area (Å²) in [5.74, 6) is 1.02. The Hall–Kier alpha value is -0.670. The van der Waals surface area contributed by atoms with Crippen LogP contribution in [0.4, 0.5) is 0 Å². The van der Waals surface area contributed by atoms with Crippen LogP contribution >= 0.6 is 11.8 Å². The van der Waals surface area contributed by atoms with Crippen molar-refractivity contribution in [2.75, 3.05) is 19.9 Å². The van der Waals surface area contributed by atoms with E-state index in [-0.39, 0.29) is 5.41 Å². The third kappa shape index (κ3) is 2.14. The lowest BCUT2D eigenvalue weighted by molar-refractivity contribution is 0.247. The molecule has 1 saturated carbocycles. The van der Waals surface area contributed by atoms with Crippen molar-refractivity contribution in [3.05, 3.63) is 23.3 Å². The van der Waals surface area contributed by atoms with E-state index >= 15 is 0 Å². The van der Waals surface area contributed by atoms with Crippen LogP contribution in [0.2, 0.25) is 0 Å². The lowest BCUT2D eigenvalue weighted by Crippen LogP contribution is -2.42. The number of hydrogen-bond donors (Lipinski definition) is 1. The van der Waals surface area contributed by atoms with Crippen LogP contribution in [-0.2, 0) is 11.8 Å². The zero-order valence-corrected chi connectivity index (χ0v) is 12.4. The molecule has 0 spiro atoms. The minimum absolute atomic E-state index is 0.206. The maximum Gasteiger partial charge on any atom is 0.122 e. The largest absolute Gasteiger partial charge is 0.496 e. The van der Waals surface area contributed by atoms with E-state index < -0.39 is 0 Å². The van der Waals surface area contributed by atoms with Gasteiger partial charge in [0.15, 0.2) is 0 Å². The summed E-state index contributed by atoms with van der Waals surface area (Å²) in [5, 5.41) is 0. The fourth-order valence-electron chi connectivity index (χ4n) is 2.84. The Bertz CT molecular complexity index is 421. The van der Waals surface area contributed by atoms with E-state index in [4.69, 9.17) is 10.5 Å². The number of ether oxygens (including phenoxy) is 1. The van der Waals surface area contributed by atoms with E-state index in [0.717, 1.165) is 18.7 Å². The zero-order valence-electron chi connectivity index (χ0n) is 11.6. The number of methoxy groups -OCH3 is 1. The summed E-state index contributed by atoms with van der Waals surface area (Å²) in [7, 11) is 1.76. The molecule has 0 unspecified atom stereocenters. The highest BCUT2D eigenvalue weighted by Gasteiger charge is 2.39. The van der Waals surface area contributed by atoms with Gasteiger partial charge in [-0.2, -0.15) is 0 Å². The van der Waals surface area contributed by atoms with Crippen molar-refractivity contribution in [2.24, 2.45) is 5.73 Å². The van der Waals surface area contributed by atoms with E-state index in [1.54, 1.807) is 7.11 Å². The van der Waals surface area contributed by atoms with Crippen LogP contribution in [0.15, 0.2) is 17.0 Å². The van der Waals surface area contributed by atoms with Crippen LogP contribution in [0.1, 0.15) is 37.3 Å². The first kappa shape index (κ1) is 13.8. The highest BCUT2D eigenvalue weighted by Crippen LogP contribution is 2.47. The van der Waals surface area contributed by atoms with Gasteiger partial charge >= 0.3 is 0 Å². The fraction of sp³-hybridized carbons (Fsp3) is 0.600. The summed E-state index contributed by atoms with van der Waals surface area (Å²) in [6, 6.07) is 4.52. The second kappa shape index (κ2) is 5.54. The van der Waals surface area contributed by atoms with Crippen LogP contribution in [0.3, 0.4) is 0 Å². The second-order valence-electron chi connectivity index (χ2n) is 5.06. The van der Waals surface area contributed by atoms with Gasteiger partial charge in [-0.05, 0) is 48.8 Å². The van der Waals surface area contributed by atoms with Crippen molar-refractivity contribution in [3.8, 4) is 5.75 Å². The normalized spacial score (nSPS) is 17.3. The molecule has 0 atom stereocenters. The van der Waals surface area contributed by atoms with E-state index in [2.05, 4.69) is 25.3 Å². The zero-order chi connectivity index (χ0) is 13.2. The predicted molar refractivity (Wildman–Crippen MR) is 78.7 cm³/mol. The van der Waals surface area contributed by atoms with Crippen molar-refractivity contribution in [3.63, 3.8) is 0 Å². The van der Waals surface area contributed by atoms with Crippen molar-refractivity contribution in [1.29, 1.82) is 0 Å². The van der Waals surface area contributed by atoms with E-state index in [9.17, 15) is 0 Å². The van der Waals surface area contributed by atoms with Crippen LogP contribution in [0.25, 0.3) is 0 Å². The van der Waals surface area contributed by atoms with Gasteiger partial charge in [-0.1, -0.05) is 13.3 Å². The molecule has 1 aliphatic carbocycles. The molecule has 0 aliphatic heterocycles. The van der Waals surface area contributed by atoms with Gasteiger partial charge < -0.3 is 10.5 Å². The van der Waals surface area contributed by atoms with Gasteiger partial charge in [0.2, 0.25) is 0 Å². The van der Waals surface area contributed by atoms with Crippen LogP contribution < -0.4 is 10.5 Å². The van der Waals surface area contributed by atoms with Gasteiger partial charge in [0.05, 0.1) is 7.11 Å². The maximum atomic E-state index is 6.04. The number of benzene rings is 1. The number of hydrogen-bond acceptors (Lipinski definition) is 3. The minimum Gasteiger partial charge on any atom is -0.496 e. The minimum atomic E-state index is 0.206. The van der Waals surface area contributed by atoms with Crippen molar-refractivity contribution in [1.82, 2.24) is 0 Å². The topological polar surface area (TPSA) is 35.2 Å². The lowest BCUT2D eigenvalue weighted by atomic mass is 9.64. The molecule has 2 N–H and O–H groups in total. The van der Waals surface area contributed by atoms with Crippen LogP contribution in [0, 0.1) is 0 Å². The van der Waals surface area contributed by atoms with E-state index in [1.165, 1.54) is 35.3 Å². The molecule has 18 heavy (non-hydrogen) atoms. The molecule has 1 aliphatic rings. The van der Waals surface area contributed by atoms with E-state index in [1.807, 2.05) is 11.8 Å². The Kier molecular flexibility index (Phi) is 4.23. The molecule has 0 radical (unpaired) electrons. The Morgan fingerprint density at radius 2 is 2.11 bits per heavy atom. The smallest absolute Gasteiger partial charge is 0.122 e. The molecule has 0 heterocycles. The Labute approximate surface area is 114 Å². The fourth-order valence-corrected chi connectivity index (χ4v) is 3.59. The molecule has 2 nitrogen and oxygen atoms in total. The number of aryl methyl sites for hydroxylation is 1. The Morgan fingerprint density at radius 1 is 1.39 bits per heavy atom. The molecule has 1 aromatic carbocycles. The third-order valence-electron chi connectivity index (χ3n) is 4.26. The molecule has 0 aromatic heterocycles. The highest BCUT2D eigenvalue weighted by atomic mass is 32.2. The standard InChI is InChI=1S/C15H23NOS/c1-4-11-8-14(18-3)12(9-13(11)17-2)15(10-16)6-5-7-15/h8-9H,4-7,10,16H2,1-3H3. The molecule has 0 amide bonds. The Balaban J connectivity index is 2.51.